The largest absolute Gasteiger partial charge is 0.337 e. The molecule has 0 amide bonds. The zero-order valence-electron chi connectivity index (χ0n) is 12.2. The molecule has 3 aromatic rings. The number of H-pyrrole nitrogens is 1. The number of hydrogen-bond donors (Lipinski definition) is 2. The molecular weight excluding hydrogens is 286 g/mol. The van der Waals surface area contributed by atoms with Crippen molar-refractivity contribution in [1.29, 1.82) is 0 Å². The lowest BCUT2D eigenvalue weighted by molar-refractivity contribution is 0.620. The third-order valence-electron chi connectivity index (χ3n) is 3.58. The minimum Gasteiger partial charge on any atom is -0.337 e. The molecule has 21 heavy (non-hydrogen) atoms. The zero-order valence-corrected chi connectivity index (χ0v) is 13.0. The predicted octanol–water partition coefficient (Wildman–Crippen LogP) is 1.62. The highest BCUT2D eigenvalue weighted by atomic mass is 32.1. The molecule has 7 heteroatoms. The summed E-state index contributed by atoms with van der Waals surface area (Å²) in [7, 11) is 1.95. The molecular formula is C14H17N5OS. The summed E-state index contributed by atoms with van der Waals surface area (Å²) in [6, 6.07) is 0. The van der Waals surface area contributed by atoms with Crippen molar-refractivity contribution in [3.8, 4) is 0 Å². The number of imidazole rings is 1. The van der Waals surface area contributed by atoms with Crippen molar-refractivity contribution in [3.63, 3.8) is 0 Å². The Morgan fingerprint density at radius 1 is 1.38 bits per heavy atom. The third kappa shape index (κ3) is 2.62. The van der Waals surface area contributed by atoms with Crippen LogP contribution in [0.15, 0.2) is 17.2 Å². The van der Waals surface area contributed by atoms with Crippen molar-refractivity contribution < 1.29 is 0 Å². The number of nitrogens with one attached hydrogen (secondary N) is 2. The molecule has 2 N–H and O–H groups in total. The van der Waals surface area contributed by atoms with E-state index in [0.717, 1.165) is 21.1 Å². The Morgan fingerprint density at radius 2 is 2.19 bits per heavy atom. The maximum absolute atomic E-state index is 12.1. The van der Waals surface area contributed by atoms with E-state index in [4.69, 9.17) is 0 Å². The van der Waals surface area contributed by atoms with Crippen LogP contribution in [-0.2, 0) is 20.1 Å². The monoisotopic (exact) mass is 303 g/mol. The van der Waals surface area contributed by atoms with Gasteiger partial charge in [-0.1, -0.05) is 0 Å². The quantitative estimate of drug-likeness (QED) is 0.768. The Hall–Kier alpha value is -1.99. The van der Waals surface area contributed by atoms with Crippen molar-refractivity contribution in [2.24, 2.45) is 7.05 Å². The van der Waals surface area contributed by atoms with E-state index >= 15 is 0 Å². The van der Waals surface area contributed by atoms with Gasteiger partial charge in [-0.3, -0.25) is 4.79 Å². The summed E-state index contributed by atoms with van der Waals surface area (Å²) < 4.78 is 1.96. The average Bonchev–Trinajstić information content (AvgIpc) is 2.95. The molecule has 3 heterocycles. The molecule has 0 saturated carbocycles. The van der Waals surface area contributed by atoms with Gasteiger partial charge in [-0.15, -0.1) is 11.3 Å². The van der Waals surface area contributed by atoms with E-state index in [0.29, 0.717) is 24.3 Å². The summed E-state index contributed by atoms with van der Waals surface area (Å²) in [5, 5.41) is 3.96. The minimum absolute atomic E-state index is 0.0596. The summed E-state index contributed by atoms with van der Waals surface area (Å²) >= 11 is 1.57. The van der Waals surface area contributed by atoms with E-state index in [1.165, 1.54) is 0 Å². The number of nitrogens with zero attached hydrogens (tertiary/aromatic N) is 3. The van der Waals surface area contributed by atoms with Gasteiger partial charge < -0.3 is 14.9 Å². The van der Waals surface area contributed by atoms with Gasteiger partial charge >= 0.3 is 0 Å². The highest BCUT2D eigenvalue weighted by Crippen LogP contribution is 2.25. The topological polar surface area (TPSA) is 75.6 Å². The van der Waals surface area contributed by atoms with Crippen molar-refractivity contribution in [1.82, 2.24) is 24.8 Å². The Morgan fingerprint density at radius 3 is 2.90 bits per heavy atom. The zero-order chi connectivity index (χ0) is 15.0. The SMILES string of the molecule is Cc1sc2nc(CNCc3nccn3C)[nH]c(=O)c2c1C. The highest BCUT2D eigenvalue weighted by Gasteiger charge is 2.11. The van der Waals surface area contributed by atoms with Gasteiger partial charge in [-0.25, -0.2) is 9.97 Å². The van der Waals surface area contributed by atoms with Crippen molar-refractivity contribution in [2.75, 3.05) is 0 Å². The molecule has 0 unspecified atom stereocenters. The van der Waals surface area contributed by atoms with E-state index < -0.39 is 0 Å². The van der Waals surface area contributed by atoms with Gasteiger partial charge in [-0.05, 0) is 19.4 Å². The van der Waals surface area contributed by atoms with Crippen LogP contribution in [0.1, 0.15) is 22.1 Å². The molecule has 0 aliphatic carbocycles. The molecule has 0 aliphatic rings. The van der Waals surface area contributed by atoms with Crippen LogP contribution in [0.4, 0.5) is 0 Å². The molecule has 0 aliphatic heterocycles. The van der Waals surface area contributed by atoms with E-state index in [1.54, 1.807) is 17.5 Å². The number of aromatic nitrogens is 4. The highest BCUT2D eigenvalue weighted by molar-refractivity contribution is 7.18. The van der Waals surface area contributed by atoms with Crippen LogP contribution < -0.4 is 10.9 Å². The summed E-state index contributed by atoms with van der Waals surface area (Å²) in [4.78, 5) is 25.7. The van der Waals surface area contributed by atoms with Crippen LogP contribution in [-0.4, -0.2) is 19.5 Å². The molecule has 0 aromatic carbocycles. The van der Waals surface area contributed by atoms with Gasteiger partial charge in [0.1, 0.15) is 16.5 Å². The third-order valence-corrected chi connectivity index (χ3v) is 4.69. The lowest BCUT2D eigenvalue weighted by atomic mass is 10.2. The number of thiophene rings is 1. The van der Waals surface area contributed by atoms with Crippen LogP contribution in [0.5, 0.6) is 0 Å². The second-order valence-corrected chi connectivity index (χ2v) is 6.24. The van der Waals surface area contributed by atoms with E-state index in [9.17, 15) is 4.79 Å². The van der Waals surface area contributed by atoms with Crippen LogP contribution in [0.2, 0.25) is 0 Å². The van der Waals surface area contributed by atoms with Crippen molar-refractivity contribution in [3.05, 3.63) is 44.8 Å². The van der Waals surface area contributed by atoms with E-state index in [1.807, 2.05) is 31.7 Å². The predicted molar refractivity (Wildman–Crippen MR) is 83.5 cm³/mol. The summed E-state index contributed by atoms with van der Waals surface area (Å²) in [5.41, 5.74) is 0.965. The molecule has 0 fully saturated rings. The molecule has 110 valence electrons. The van der Waals surface area contributed by atoms with Gasteiger partial charge in [0.15, 0.2) is 0 Å². The fourth-order valence-corrected chi connectivity index (χ4v) is 3.29. The van der Waals surface area contributed by atoms with Gasteiger partial charge in [-0.2, -0.15) is 0 Å². The first kappa shape index (κ1) is 14.0. The first-order valence-electron chi connectivity index (χ1n) is 6.72. The first-order chi connectivity index (χ1) is 10.1. The fourth-order valence-electron chi connectivity index (χ4n) is 2.24. The maximum atomic E-state index is 12.1. The second kappa shape index (κ2) is 5.42. The standard InChI is InChI=1S/C14H17N5OS/c1-8-9(2)21-14-12(8)13(20)17-10(18-14)6-15-7-11-16-4-5-19(11)3/h4-5,15H,6-7H2,1-3H3,(H,17,18,20). The minimum atomic E-state index is -0.0596. The fraction of sp³-hybridized carbons (Fsp3) is 0.357. The Bertz CT molecular complexity index is 845. The number of hydrogen-bond acceptors (Lipinski definition) is 5. The van der Waals surface area contributed by atoms with Crippen LogP contribution in [0.25, 0.3) is 10.2 Å². The molecule has 0 atom stereocenters. The summed E-state index contributed by atoms with van der Waals surface area (Å²) in [5.74, 6) is 1.60. The normalized spacial score (nSPS) is 11.4. The van der Waals surface area contributed by atoms with Gasteiger partial charge in [0, 0.05) is 24.3 Å². The van der Waals surface area contributed by atoms with E-state index in [2.05, 4.69) is 20.3 Å². The Kier molecular flexibility index (Phi) is 3.60. The molecule has 3 aromatic heterocycles. The molecule has 6 nitrogen and oxygen atoms in total. The maximum Gasteiger partial charge on any atom is 0.259 e. The van der Waals surface area contributed by atoms with Crippen LogP contribution in [0, 0.1) is 13.8 Å². The lowest BCUT2D eigenvalue weighted by Gasteiger charge is -2.04. The number of aryl methyl sites for hydroxylation is 3. The lowest BCUT2D eigenvalue weighted by Crippen LogP contribution is -2.20. The van der Waals surface area contributed by atoms with Crippen molar-refractivity contribution >= 4 is 21.6 Å². The number of aromatic amines is 1. The molecule has 0 bridgehead atoms. The molecule has 0 saturated heterocycles. The first-order valence-corrected chi connectivity index (χ1v) is 7.53. The van der Waals surface area contributed by atoms with Gasteiger partial charge in [0.05, 0.1) is 18.5 Å². The van der Waals surface area contributed by atoms with Gasteiger partial charge in [0.25, 0.3) is 5.56 Å². The molecule has 0 radical (unpaired) electrons. The molecule has 3 rings (SSSR count). The Labute approximate surface area is 125 Å². The summed E-state index contributed by atoms with van der Waals surface area (Å²) in [6.45, 7) is 5.12. The Balaban J connectivity index is 1.79. The molecule has 0 spiro atoms. The number of fused-ring (bicyclic) bond motifs is 1. The smallest absolute Gasteiger partial charge is 0.259 e. The van der Waals surface area contributed by atoms with Gasteiger partial charge in [0.2, 0.25) is 0 Å². The van der Waals surface area contributed by atoms with Crippen LogP contribution >= 0.6 is 11.3 Å². The van der Waals surface area contributed by atoms with Crippen LogP contribution in [0.3, 0.4) is 0 Å². The second-order valence-electron chi connectivity index (χ2n) is 5.03. The summed E-state index contributed by atoms with van der Waals surface area (Å²) in [6.07, 6.45) is 3.67. The van der Waals surface area contributed by atoms with Crippen molar-refractivity contribution in [2.45, 2.75) is 26.9 Å². The average molecular weight is 303 g/mol. The van der Waals surface area contributed by atoms with E-state index in [-0.39, 0.29) is 5.56 Å². The number of rotatable bonds is 4.